The zero-order chi connectivity index (χ0) is 15.2. The standard InChI is InChI=1S/C14H12ClF2N3S/c1-14(2,13-18-3-4-21-13)20-10-6-8(16)5-9(17)12(10)19-11(20)7-15/h3-6H,7H2,1-2H3. The van der Waals surface area contributed by atoms with Crippen molar-refractivity contribution < 1.29 is 8.78 Å². The van der Waals surface area contributed by atoms with Crippen LogP contribution in [-0.4, -0.2) is 14.5 Å². The Balaban J connectivity index is 2.36. The van der Waals surface area contributed by atoms with Gasteiger partial charge in [0.1, 0.15) is 22.2 Å². The predicted octanol–water partition coefficient (Wildman–Crippen LogP) is 4.29. The second kappa shape index (κ2) is 5.03. The van der Waals surface area contributed by atoms with Gasteiger partial charge in [0.15, 0.2) is 5.82 Å². The summed E-state index contributed by atoms with van der Waals surface area (Å²) >= 11 is 7.42. The Labute approximate surface area is 129 Å². The highest BCUT2D eigenvalue weighted by Crippen LogP contribution is 2.34. The maximum absolute atomic E-state index is 13.9. The van der Waals surface area contributed by atoms with Gasteiger partial charge >= 0.3 is 0 Å². The Bertz CT molecular complexity index is 796. The summed E-state index contributed by atoms with van der Waals surface area (Å²) in [5, 5.41) is 2.68. The number of hydrogen-bond acceptors (Lipinski definition) is 3. The summed E-state index contributed by atoms with van der Waals surface area (Å²) in [7, 11) is 0. The second-order valence-electron chi connectivity index (χ2n) is 5.15. The minimum absolute atomic E-state index is 0.102. The van der Waals surface area contributed by atoms with Crippen LogP contribution in [0.1, 0.15) is 24.7 Å². The highest BCUT2D eigenvalue weighted by molar-refractivity contribution is 7.09. The minimum Gasteiger partial charge on any atom is -0.314 e. The summed E-state index contributed by atoms with van der Waals surface area (Å²) in [6.45, 7) is 3.84. The number of benzene rings is 1. The van der Waals surface area contributed by atoms with Gasteiger partial charge in [-0.05, 0) is 13.8 Å². The van der Waals surface area contributed by atoms with Gasteiger partial charge in [0.25, 0.3) is 0 Å². The molecule has 2 aromatic heterocycles. The molecule has 0 N–H and O–H groups in total. The summed E-state index contributed by atoms with van der Waals surface area (Å²) in [6, 6.07) is 2.10. The lowest BCUT2D eigenvalue weighted by atomic mass is 10.1. The van der Waals surface area contributed by atoms with Crippen LogP contribution >= 0.6 is 22.9 Å². The van der Waals surface area contributed by atoms with Crippen LogP contribution in [0.4, 0.5) is 8.78 Å². The first-order valence-corrected chi connectivity index (χ1v) is 7.69. The van der Waals surface area contributed by atoms with Gasteiger partial charge in [-0.3, -0.25) is 0 Å². The summed E-state index contributed by atoms with van der Waals surface area (Å²) in [4.78, 5) is 8.52. The normalized spacial score (nSPS) is 12.2. The van der Waals surface area contributed by atoms with Crippen molar-refractivity contribution in [3.8, 4) is 0 Å². The molecule has 0 aliphatic rings. The predicted molar refractivity (Wildman–Crippen MR) is 79.7 cm³/mol. The maximum atomic E-state index is 13.9. The molecule has 3 rings (SSSR count). The highest BCUT2D eigenvalue weighted by atomic mass is 35.5. The lowest BCUT2D eigenvalue weighted by Gasteiger charge is -2.27. The molecule has 0 spiro atoms. The number of rotatable bonds is 3. The van der Waals surface area contributed by atoms with E-state index in [0.717, 1.165) is 11.1 Å². The molecule has 0 fully saturated rings. The summed E-state index contributed by atoms with van der Waals surface area (Å²) in [6.07, 6.45) is 1.70. The molecule has 110 valence electrons. The lowest BCUT2D eigenvalue weighted by molar-refractivity contribution is 0.434. The summed E-state index contributed by atoms with van der Waals surface area (Å²) in [5.74, 6) is -0.747. The van der Waals surface area contributed by atoms with E-state index < -0.39 is 17.2 Å². The Kier molecular flexibility index (Phi) is 3.45. The van der Waals surface area contributed by atoms with Gasteiger partial charge in [-0.15, -0.1) is 22.9 Å². The van der Waals surface area contributed by atoms with Crippen LogP contribution in [-0.2, 0) is 11.4 Å². The van der Waals surface area contributed by atoms with Gasteiger partial charge in [-0.1, -0.05) is 0 Å². The minimum atomic E-state index is -0.690. The van der Waals surface area contributed by atoms with E-state index in [-0.39, 0.29) is 11.4 Å². The van der Waals surface area contributed by atoms with E-state index in [1.165, 1.54) is 17.4 Å². The van der Waals surface area contributed by atoms with E-state index in [9.17, 15) is 8.78 Å². The van der Waals surface area contributed by atoms with E-state index in [2.05, 4.69) is 9.97 Å². The van der Waals surface area contributed by atoms with Crippen molar-refractivity contribution in [2.45, 2.75) is 25.3 Å². The quantitative estimate of drug-likeness (QED) is 0.672. The molecule has 21 heavy (non-hydrogen) atoms. The van der Waals surface area contributed by atoms with E-state index in [1.807, 2.05) is 19.2 Å². The molecular formula is C14H12ClF2N3S. The molecule has 0 saturated carbocycles. The molecule has 1 aromatic carbocycles. The van der Waals surface area contributed by atoms with Crippen LogP contribution in [0, 0.1) is 11.6 Å². The summed E-state index contributed by atoms with van der Waals surface area (Å²) < 4.78 is 29.3. The lowest BCUT2D eigenvalue weighted by Crippen LogP contribution is -2.29. The molecule has 0 bridgehead atoms. The Morgan fingerprint density at radius 3 is 2.71 bits per heavy atom. The number of hydrogen-bond donors (Lipinski definition) is 0. The summed E-state index contributed by atoms with van der Waals surface area (Å²) in [5.41, 5.74) is -0.104. The number of halogens is 3. The first kappa shape index (κ1) is 14.4. The molecule has 3 nitrogen and oxygen atoms in total. The van der Waals surface area contributed by atoms with Gasteiger partial charge in [0, 0.05) is 23.7 Å². The fourth-order valence-electron chi connectivity index (χ4n) is 2.49. The maximum Gasteiger partial charge on any atom is 0.153 e. The molecule has 0 unspecified atom stereocenters. The number of imidazole rings is 1. The van der Waals surface area contributed by atoms with E-state index >= 15 is 0 Å². The Morgan fingerprint density at radius 1 is 1.33 bits per heavy atom. The largest absolute Gasteiger partial charge is 0.314 e. The molecular weight excluding hydrogens is 316 g/mol. The number of thiazole rings is 1. The van der Waals surface area contributed by atoms with Crippen molar-refractivity contribution in [2.75, 3.05) is 0 Å². The average molecular weight is 328 g/mol. The third-order valence-electron chi connectivity index (χ3n) is 3.38. The van der Waals surface area contributed by atoms with Crippen LogP contribution in [0.25, 0.3) is 11.0 Å². The topological polar surface area (TPSA) is 30.7 Å². The molecule has 0 atom stereocenters. The number of nitrogens with zero attached hydrogens (tertiary/aromatic N) is 3. The molecule has 3 aromatic rings. The average Bonchev–Trinajstić information content (AvgIpc) is 3.05. The van der Waals surface area contributed by atoms with E-state index in [1.54, 1.807) is 10.8 Å². The Hall–Kier alpha value is -1.53. The van der Waals surface area contributed by atoms with E-state index in [4.69, 9.17) is 11.6 Å². The van der Waals surface area contributed by atoms with Gasteiger partial charge in [0.05, 0.1) is 16.9 Å². The number of alkyl halides is 1. The second-order valence-corrected chi connectivity index (χ2v) is 6.31. The molecule has 0 aliphatic carbocycles. The van der Waals surface area contributed by atoms with Gasteiger partial charge < -0.3 is 4.57 Å². The SMILES string of the molecule is CC(C)(c1nccs1)n1c(CCl)nc2c(F)cc(F)cc21. The number of fused-ring (bicyclic) bond motifs is 1. The zero-order valence-corrected chi connectivity index (χ0v) is 13.0. The van der Waals surface area contributed by atoms with Crippen molar-refractivity contribution in [2.24, 2.45) is 0 Å². The van der Waals surface area contributed by atoms with Gasteiger partial charge in [-0.2, -0.15) is 0 Å². The van der Waals surface area contributed by atoms with Crippen LogP contribution in [0.5, 0.6) is 0 Å². The molecule has 2 heterocycles. The first-order chi connectivity index (χ1) is 9.95. The molecule has 0 saturated heterocycles. The fraction of sp³-hybridized carbons (Fsp3) is 0.286. The van der Waals surface area contributed by atoms with Crippen molar-refractivity contribution in [1.29, 1.82) is 0 Å². The van der Waals surface area contributed by atoms with Crippen molar-refractivity contribution in [1.82, 2.24) is 14.5 Å². The van der Waals surface area contributed by atoms with Gasteiger partial charge in [-0.25, -0.2) is 18.7 Å². The highest BCUT2D eigenvalue weighted by Gasteiger charge is 2.31. The third-order valence-corrected chi connectivity index (χ3v) is 4.71. The van der Waals surface area contributed by atoms with Crippen molar-refractivity contribution >= 4 is 34.0 Å². The van der Waals surface area contributed by atoms with Crippen LogP contribution in [0.3, 0.4) is 0 Å². The molecule has 0 radical (unpaired) electrons. The van der Waals surface area contributed by atoms with E-state index in [0.29, 0.717) is 11.3 Å². The molecule has 7 heteroatoms. The van der Waals surface area contributed by atoms with Crippen molar-refractivity contribution in [3.05, 3.63) is 46.2 Å². The third kappa shape index (κ3) is 2.22. The van der Waals surface area contributed by atoms with Crippen LogP contribution < -0.4 is 0 Å². The molecule has 0 amide bonds. The van der Waals surface area contributed by atoms with Crippen molar-refractivity contribution in [3.63, 3.8) is 0 Å². The first-order valence-electron chi connectivity index (χ1n) is 6.28. The molecule has 0 aliphatic heterocycles. The zero-order valence-electron chi connectivity index (χ0n) is 11.4. The van der Waals surface area contributed by atoms with Gasteiger partial charge in [0.2, 0.25) is 0 Å². The van der Waals surface area contributed by atoms with Crippen LogP contribution in [0.15, 0.2) is 23.7 Å². The van der Waals surface area contributed by atoms with Crippen LogP contribution in [0.2, 0.25) is 0 Å². The fourth-order valence-corrected chi connectivity index (χ4v) is 3.42. The number of aromatic nitrogens is 3. The monoisotopic (exact) mass is 327 g/mol. The smallest absolute Gasteiger partial charge is 0.153 e. The Morgan fingerprint density at radius 2 is 2.10 bits per heavy atom.